The Morgan fingerprint density at radius 2 is 0.725 bits per heavy atom. The van der Waals surface area contributed by atoms with E-state index in [0.29, 0.717) is 0 Å². The molecule has 0 bridgehead atoms. The minimum absolute atomic E-state index is 1.36. The van der Waals surface area contributed by atoms with Crippen LogP contribution in [0.4, 0.5) is 0 Å². The summed E-state index contributed by atoms with van der Waals surface area (Å²) in [6.07, 6.45) is 23.5. The zero-order valence-corrected chi connectivity index (χ0v) is 35.2. The van der Waals surface area contributed by atoms with Gasteiger partial charge in [0, 0.05) is 24.8 Å². The van der Waals surface area contributed by atoms with Crippen molar-refractivity contribution in [3.8, 4) is 0 Å². The van der Waals surface area contributed by atoms with Gasteiger partial charge in [-0.3, -0.25) is 0 Å². The molecule has 0 aromatic rings. The molecule has 224 valence electrons. The van der Waals surface area contributed by atoms with Gasteiger partial charge in [-0.25, -0.2) is 0 Å². The molecule has 0 saturated carbocycles. The monoisotopic (exact) mass is 720 g/mol. The second-order valence-corrected chi connectivity index (χ2v) is 14.7. The number of aliphatic carboxylic acids is 3. The third-order valence-corrected chi connectivity index (χ3v) is 9.21. The van der Waals surface area contributed by atoms with E-state index in [2.05, 4.69) is 20.8 Å². The van der Waals surface area contributed by atoms with Crippen molar-refractivity contribution in [1.29, 1.82) is 0 Å². The Kier molecular flexibility index (Phi) is 46.3. The molecule has 0 amide bonds. The summed E-state index contributed by atoms with van der Waals surface area (Å²) in [4.78, 5) is 30.0. The molecule has 0 rings (SSSR count). The molecule has 0 radical (unpaired) electrons. The average Bonchev–Trinajstić information content (AvgIpc) is 2.89. The maximum absolute atomic E-state index is 10.1. The molecule has 0 spiro atoms. The molecular weight excluding hydrogens is 668 g/mol. The second-order valence-electron chi connectivity index (χ2n) is 10.3. The van der Waals surface area contributed by atoms with Crippen LogP contribution in [0.1, 0.15) is 149 Å². The van der Waals surface area contributed by atoms with Gasteiger partial charge in [-0.2, -0.15) is 0 Å². The van der Waals surface area contributed by atoms with E-state index in [1.165, 1.54) is 186 Å². The number of carbonyl (C=O) groups is 3. The predicted octanol–water partition coefficient (Wildman–Crippen LogP) is 4.68. The minimum atomic E-state index is -2.97. The minimum Gasteiger partial charge on any atom is -0.550 e. The van der Waals surface area contributed by atoms with Crippen LogP contribution in [0.25, 0.3) is 0 Å². The summed E-state index contributed by atoms with van der Waals surface area (Å²) in [5.74, 6) is -5.98. The van der Waals surface area contributed by atoms with Crippen LogP contribution >= 0.6 is 0 Å². The van der Waals surface area contributed by atoms with Gasteiger partial charge in [0.1, 0.15) is 5.60 Å². The zero-order valence-electron chi connectivity index (χ0n) is 26.3. The maximum atomic E-state index is 10.1. The molecule has 0 aliphatic carbocycles. The Morgan fingerprint density at radius 1 is 0.500 bits per heavy atom. The van der Waals surface area contributed by atoms with Gasteiger partial charge in [-0.05, 0) is 0 Å². The molecule has 0 heterocycles. The van der Waals surface area contributed by atoms with E-state index in [1.807, 2.05) is 0 Å². The molecule has 0 aromatic heterocycles. The van der Waals surface area contributed by atoms with Crippen molar-refractivity contribution in [3.63, 3.8) is 0 Å². The van der Waals surface area contributed by atoms with Crippen LogP contribution in [0.3, 0.4) is 0 Å². The smallest absolute Gasteiger partial charge is 0.114 e. The van der Waals surface area contributed by atoms with E-state index in [-0.39, 0.29) is 0 Å². The fraction of sp³-hybridized carbons (Fsp3) is 0.900. The molecule has 7 nitrogen and oxygen atoms in total. The van der Waals surface area contributed by atoms with E-state index in [4.69, 9.17) is 5.11 Å². The van der Waals surface area contributed by atoms with Crippen LogP contribution < -0.4 is 15.3 Å². The summed E-state index contributed by atoms with van der Waals surface area (Å²) < 4.78 is 0. The Labute approximate surface area is 275 Å². The van der Waals surface area contributed by atoms with Crippen molar-refractivity contribution < 1.29 is 89.7 Å². The van der Waals surface area contributed by atoms with Crippen molar-refractivity contribution in [2.45, 2.75) is 170 Å². The normalized spacial score (nSPS) is 10.3. The van der Waals surface area contributed by atoms with Crippen molar-refractivity contribution >= 4 is 17.9 Å². The van der Waals surface area contributed by atoms with Gasteiger partial charge in [0.15, 0.2) is 0 Å². The molecule has 0 saturated heterocycles. The first-order chi connectivity index (χ1) is 19.0. The first kappa shape index (κ1) is 47.2. The third-order valence-electron chi connectivity index (χ3n) is 6.06. The molecule has 10 heteroatoms. The van der Waals surface area contributed by atoms with Gasteiger partial charge in [-0.1, -0.05) is 0 Å². The van der Waals surface area contributed by atoms with Crippen LogP contribution in [0.2, 0.25) is 15.0 Å². The number of hydrogen-bond acceptors (Lipinski definition) is 7. The Hall–Kier alpha value is 0.240. The summed E-state index contributed by atoms with van der Waals surface area (Å²) in [6, 6.07) is 0. The number of carboxylic acid groups (broad SMARTS) is 3. The first-order valence-corrected chi connectivity index (χ1v) is 22.0. The molecule has 0 aliphatic rings. The van der Waals surface area contributed by atoms with Crippen molar-refractivity contribution in [1.82, 2.24) is 0 Å². The number of carbonyl (C=O) groups excluding carboxylic acids is 3. The number of rotatable bonds is 23. The van der Waals surface area contributed by atoms with Gasteiger partial charge in [0.05, 0.1) is 5.97 Å². The number of unbranched alkanes of at least 4 members (excludes halogenated alkanes) is 15. The van der Waals surface area contributed by atoms with Crippen LogP contribution in [0.5, 0.6) is 0 Å². The van der Waals surface area contributed by atoms with Crippen molar-refractivity contribution in [2.75, 3.05) is 0 Å². The summed E-state index contributed by atoms with van der Waals surface area (Å²) in [5, 5.41) is 43.4. The Morgan fingerprint density at radius 3 is 0.900 bits per heavy atom. The standard InChI is InChI=1S/3C8H17.C6H8O7.3Zn/c3*1-3-5-7-8-6-4-2;7-3(8)1-6(13,5(11)12)2-4(9)10;;;/h3*1,3-8H2,2H3;13H,1-2H2,(H,7,8)(H,9,10)(H,11,12);;;/q;;;;3*+1/p-3. The van der Waals surface area contributed by atoms with E-state index < -0.39 is 36.4 Å². The van der Waals surface area contributed by atoms with Crippen molar-refractivity contribution in [3.05, 3.63) is 0 Å². The fourth-order valence-corrected chi connectivity index (χ4v) is 5.78. The summed E-state index contributed by atoms with van der Waals surface area (Å²) in [5.41, 5.74) is -2.97. The average molecular weight is 725 g/mol. The topological polar surface area (TPSA) is 141 Å². The number of aliphatic hydroxyl groups is 1. The molecule has 0 atom stereocenters. The quantitative estimate of drug-likeness (QED) is 0.119. The van der Waals surface area contributed by atoms with E-state index in [0.717, 1.165) is 0 Å². The summed E-state index contributed by atoms with van der Waals surface area (Å²) >= 11 is 4.48. The van der Waals surface area contributed by atoms with E-state index >= 15 is 0 Å². The Balaban J connectivity index is -0.000000219. The van der Waals surface area contributed by atoms with Crippen LogP contribution in [0.15, 0.2) is 0 Å². The maximum Gasteiger partial charge on any atom is 0.114 e. The van der Waals surface area contributed by atoms with Gasteiger partial charge < -0.3 is 34.8 Å². The van der Waals surface area contributed by atoms with E-state index in [1.54, 1.807) is 0 Å². The Bertz CT molecular complexity index is 482. The molecule has 0 fully saturated rings. The SMILES string of the molecule is CCCCCCC[CH2][Zn+].CCCCCCC[CH2][Zn+].CCCCCCC[CH2][Zn+].O=C([O-])CC(O)(CC(=O)[O-])C(=O)[O-]. The first-order valence-electron chi connectivity index (χ1n) is 15.7. The van der Waals surface area contributed by atoms with Crippen LogP contribution in [0, 0.1) is 0 Å². The number of hydrogen-bond donors (Lipinski definition) is 1. The van der Waals surface area contributed by atoms with Gasteiger partial charge in [0.25, 0.3) is 0 Å². The molecular formula is C30H56O7Zn3. The second kappa shape index (κ2) is 39.2. The van der Waals surface area contributed by atoms with Crippen molar-refractivity contribution in [2.24, 2.45) is 0 Å². The van der Waals surface area contributed by atoms with Crippen LogP contribution in [-0.4, -0.2) is 28.6 Å². The van der Waals surface area contributed by atoms with Gasteiger partial charge in [-0.15, -0.1) is 0 Å². The third kappa shape index (κ3) is 45.2. The molecule has 0 unspecified atom stereocenters. The molecule has 0 aromatic carbocycles. The van der Waals surface area contributed by atoms with E-state index in [9.17, 15) is 29.7 Å². The summed E-state index contributed by atoms with van der Waals surface area (Å²) in [7, 11) is 0. The summed E-state index contributed by atoms with van der Waals surface area (Å²) in [6.45, 7) is 6.81. The molecule has 0 aliphatic heterocycles. The zero-order chi connectivity index (χ0) is 31.5. The predicted molar refractivity (Wildman–Crippen MR) is 144 cm³/mol. The van der Waals surface area contributed by atoms with Gasteiger partial charge in [0.2, 0.25) is 0 Å². The fourth-order valence-electron chi connectivity index (χ4n) is 3.56. The van der Waals surface area contributed by atoms with Gasteiger partial charge >= 0.3 is 206 Å². The molecule has 1 N–H and O–H groups in total. The van der Waals surface area contributed by atoms with Crippen LogP contribution in [-0.2, 0) is 69.3 Å². The largest absolute Gasteiger partial charge is 0.550 e. The number of carboxylic acids is 3. The molecule has 40 heavy (non-hydrogen) atoms.